The fourth-order valence-electron chi connectivity index (χ4n) is 2.82. The number of sulfone groups is 1. The van der Waals surface area contributed by atoms with Crippen molar-refractivity contribution >= 4 is 32.9 Å². The Morgan fingerprint density at radius 2 is 1.74 bits per heavy atom. The maximum Gasteiger partial charge on any atom is 0.458 e. The van der Waals surface area contributed by atoms with Gasteiger partial charge in [0, 0.05) is 23.6 Å². The highest BCUT2D eigenvalue weighted by Gasteiger charge is 2.60. The zero-order chi connectivity index (χ0) is 23.6. The van der Waals surface area contributed by atoms with Gasteiger partial charge in [-0.15, -0.1) is 11.3 Å². The first-order chi connectivity index (χ1) is 14.0. The van der Waals surface area contributed by atoms with E-state index < -0.39 is 72.8 Å². The molecule has 0 spiro atoms. The molecule has 2 aromatic rings. The van der Waals surface area contributed by atoms with Crippen LogP contribution in [0.15, 0.2) is 23.2 Å². The van der Waals surface area contributed by atoms with Crippen LogP contribution in [0.4, 0.5) is 36.6 Å². The number of anilines is 1. The third-order valence-corrected chi connectivity index (χ3v) is 7.48. The van der Waals surface area contributed by atoms with Gasteiger partial charge in [-0.05, 0) is 12.1 Å². The zero-order valence-electron chi connectivity index (χ0n) is 15.7. The molecule has 0 bridgehead atoms. The smallest absolute Gasteiger partial charge is 0.286 e. The summed E-state index contributed by atoms with van der Waals surface area (Å²) in [5.74, 6) is -10.7. The van der Waals surface area contributed by atoms with Gasteiger partial charge in [-0.1, -0.05) is 6.92 Å². The topological polar surface area (TPSA) is 67.3 Å². The highest BCUT2D eigenvalue weighted by molar-refractivity contribution is 7.91. The number of nitrogens with zero attached hydrogens (tertiary/aromatic N) is 2. The van der Waals surface area contributed by atoms with Gasteiger partial charge in [0.05, 0.1) is 22.7 Å². The van der Waals surface area contributed by atoms with Crippen molar-refractivity contribution in [3.8, 4) is 0 Å². The first-order valence-electron chi connectivity index (χ1n) is 8.51. The van der Waals surface area contributed by atoms with Crippen LogP contribution in [0.2, 0.25) is 0 Å². The number of carbonyl (C=O) groups is 1. The number of fused-ring (bicyclic) bond motifs is 1. The first kappa shape index (κ1) is 23.4. The van der Waals surface area contributed by atoms with Crippen LogP contribution in [0.25, 0.3) is 0 Å². The van der Waals surface area contributed by atoms with Crippen LogP contribution in [-0.2, 0) is 28.2 Å². The molecule has 5 nitrogen and oxygen atoms in total. The Kier molecular flexibility index (Phi) is 5.41. The van der Waals surface area contributed by atoms with Crippen molar-refractivity contribution in [2.24, 2.45) is 0 Å². The third kappa shape index (κ3) is 3.90. The summed E-state index contributed by atoms with van der Waals surface area (Å²) in [7, 11) is -4.15. The van der Waals surface area contributed by atoms with Crippen LogP contribution in [0, 0.1) is 0 Å². The number of aromatic nitrogens is 1. The molecule has 0 saturated carbocycles. The Morgan fingerprint density at radius 3 is 2.23 bits per heavy atom. The molecule has 0 aliphatic carbocycles. The second kappa shape index (κ2) is 7.15. The number of thiophene rings is 1. The van der Waals surface area contributed by atoms with Crippen molar-refractivity contribution in [2.75, 3.05) is 10.7 Å². The normalized spacial score (nSPS) is 15.5. The zero-order valence-corrected chi connectivity index (χ0v) is 17.4. The van der Waals surface area contributed by atoms with E-state index in [1.165, 1.54) is 6.92 Å². The Morgan fingerprint density at radius 1 is 1.13 bits per heavy atom. The van der Waals surface area contributed by atoms with Gasteiger partial charge in [0.1, 0.15) is 4.90 Å². The molecule has 0 fully saturated rings. The monoisotopic (exact) mass is 490 g/mol. The molecule has 14 heteroatoms. The summed E-state index contributed by atoms with van der Waals surface area (Å²) in [5, 5.41) is 0. The van der Waals surface area contributed by atoms with E-state index in [0.717, 1.165) is 4.90 Å². The van der Waals surface area contributed by atoms with Crippen LogP contribution in [-0.4, -0.2) is 31.2 Å². The summed E-state index contributed by atoms with van der Waals surface area (Å²) in [5.41, 5.74) is -1.19. The predicted octanol–water partition coefficient (Wildman–Crippen LogP) is 4.86. The number of alkyl halides is 7. The molecule has 1 aliphatic heterocycles. The fraction of sp³-hybridized carbons (Fsp3) is 0.412. The molecule has 0 radical (unpaired) electrons. The second-order valence-electron chi connectivity index (χ2n) is 6.75. The van der Waals surface area contributed by atoms with Crippen molar-refractivity contribution < 1.29 is 43.9 Å². The summed E-state index contributed by atoms with van der Waals surface area (Å²) < 4.78 is 117. The number of hydrogen-bond acceptors (Lipinski definition) is 5. The van der Waals surface area contributed by atoms with Crippen molar-refractivity contribution in [3.63, 3.8) is 0 Å². The quantitative estimate of drug-likeness (QED) is 0.562. The lowest BCUT2D eigenvalue weighted by atomic mass is 10.2. The lowest BCUT2D eigenvalue weighted by molar-refractivity contribution is -0.287. The lowest BCUT2D eigenvalue weighted by Gasteiger charge is -2.21. The Labute approximate surface area is 175 Å². The minimum atomic E-state index is -5.86. The summed E-state index contributed by atoms with van der Waals surface area (Å²) in [6, 6.07) is 1.07. The molecule has 170 valence electrons. The van der Waals surface area contributed by atoms with Gasteiger partial charge in [0.25, 0.3) is 11.8 Å². The van der Waals surface area contributed by atoms with Crippen LogP contribution in [0.1, 0.15) is 39.5 Å². The predicted molar refractivity (Wildman–Crippen MR) is 96.3 cm³/mol. The van der Waals surface area contributed by atoms with E-state index >= 15 is 0 Å². The molecular weight excluding hydrogens is 477 g/mol. The number of carbonyl (C=O) groups excluding carboxylic acids is 1. The minimum Gasteiger partial charge on any atom is -0.286 e. The summed E-state index contributed by atoms with van der Waals surface area (Å²) in [6.45, 7) is 1.23. The minimum absolute atomic E-state index is 0.0548. The first-order valence-corrected chi connectivity index (χ1v) is 11.0. The highest BCUT2D eigenvalue weighted by Crippen LogP contribution is 2.49. The van der Waals surface area contributed by atoms with Crippen molar-refractivity contribution in [2.45, 2.75) is 43.3 Å². The molecule has 0 saturated heterocycles. The maximum atomic E-state index is 13.7. The Balaban J connectivity index is 2.07. The van der Waals surface area contributed by atoms with E-state index in [-0.39, 0.29) is 16.2 Å². The summed E-state index contributed by atoms with van der Waals surface area (Å²) in [4.78, 5) is 14.9. The van der Waals surface area contributed by atoms with Gasteiger partial charge in [0.2, 0.25) is 0 Å². The van der Waals surface area contributed by atoms with E-state index in [2.05, 4.69) is 4.98 Å². The van der Waals surface area contributed by atoms with Gasteiger partial charge < -0.3 is 0 Å². The Bertz CT molecular complexity index is 1150. The molecule has 1 aliphatic rings. The van der Waals surface area contributed by atoms with Crippen molar-refractivity contribution in [1.82, 2.24) is 4.98 Å². The van der Waals surface area contributed by atoms with Gasteiger partial charge in [0.15, 0.2) is 15.7 Å². The number of rotatable bonds is 5. The van der Waals surface area contributed by atoms with E-state index in [0.29, 0.717) is 25.3 Å². The van der Waals surface area contributed by atoms with E-state index in [1.807, 2.05) is 0 Å². The fourth-order valence-corrected chi connectivity index (χ4v) is 5.01. The van der Waals surface area contributed by atoms with Gasteiger partial charge in [-0.2, -0.15) is 22.0 Å². The molecule has 0 atom stereocenters. The summed E-state index contributed by atoms with van der Waals surface area (Å²) >= 11 is 0.0548. The average Bonchev–Trinajstić information content (AvgIpc) is 3.19. The van der Waals surface area contributed by atoms with Crippen LogP contribution >= 0.6 is 11.3 Å². The molecule has 0 N–H and O–H groups in total. The average molecular weight is 490 g/mol. The van der Waals surface area contributed by atoms with Gasteiger partial charge >= 0.3 is 12.1 Å². The largest absolute Gasteiger partial charge is 0.458 e. The molecule has 3 rings (SSSR count). The van der Waals surface area contributed by atoms with Crippen LogP contribution < -0.4 is 4.90 Å². The van der Waals surface area contributed by atoms with Crippen LogP contribution in [0.3, 0.4) is 0 Å². The number of pyridine rings is 1. The molecular formula is C17H13F7N2O3S2. The molecule has 3 heterocycles. The van der Waals surface area contributed by atoms with Crippen LogP contribution in [0.5, 0.6) is 0 Å². The molecule has 0 aromatic carbocycles. The van der Waals surface area contributed by atoms with Crippen molar-refractivity contribution in [1.29, 1.82) is 0 Å². The SMILES string of the molecule is CCS(=O)(=O)c1cc(C(C)(F)F)cnc1N1Cc2sc(C(F)(F)C(F)(F)F)cc2C1=O. The second-order valence-corrected chi connectivity index (χ2v) is 10.1. The molecule has 1 amide bonds. The van der Waals surface area contributed by atoms with E-state index in [1.54, 1.807) is 0 Å². The van der Waals surface area contributed by atoms with E-state index in [4.69, 9.17) is 0 Å². The number of hydrogen-bond donors (Lipinski definition) is 0. The van der Waals surface area contributed by atoms with Crippen molar-refractivity contribution in [3.05, 3.63) is 39.2 Å². The van der Waals surface area contributed by atoms with E-state index in [9.17, 15) is 43.9 Å². The van der Waals surface area contributed by atoms with Gasteiger partial charge in [-0.25, -0.2) is 22.2 Å². The molecule has 0 unspecified atom stereocenters. The maximum absolute atomic E-state index is 13.7. The molecule has 2 aromatic heterocycles. The highest BCUT2D eigenvalue weighted by atomic mass is 32.2. The molecule has 31 heavy (non-hydrogen) atoms. The number of halogens is 7. The van der Waals surface area contributed by atoms with Gasteiger partial charge in [-0.3, -0.25) is 9.69 Å². The lowest BCUT2D eigenvalue weighted by Crippen LogP contribution is -2.33. The third-order valence-electron chi connectivity index (χ3n) is 4.56. The summed E-state index contributed by atoms with van der Waals surface area (Å²) in [6.07, 6.45) is -5.19. The Hall–Kier alpha value is -2.22. The number of amides is 1. The standard InChI is InChI=1S/C17H13F7N2O3S2/c1-3-31(28,29)11-4-8(15(2,18)19)6-25-13(11)26-7-10-9(14(26)27)5-12(30-10)16(20,21)17(22,23)24/h4-6H,3,7H2,1-2H3.